The van der Waals surface area contributed by atoms with Gasteiger partial charge in [0.1, 0.15) is 6.29 Å². The summed E-state index contributed by atoms with van der Waals surface area (Å²) in [4.78, 5) is 8.81. The van der Waals surface area contributed by atoms with Crippen LogP contribution in [0.25, 0.3) is 0 Å². The minimum Gasteiger partial charge on any atom is -0.412 e. The van der Waals surface area contributed by atoms with Crippen molar-refractivity contribution in [3.8, 4) is 0 Å². The highest BCUT2D eigenvalue weighted by molar-refractivity contribution is 5.75. The molecule has 0 aliphatic heterocycles. The Balaban J connectivity index is -0.00000000333. The van der Waals surface area contributed by atoms with Crippen molar-refractivity contribution in [1.82, 2.24) is 0 Å². The second-order valence-corrected chi connectivity index (χ2v) is 0.236. The molecule has 0 fully saturated rings. The van der Waals surface area contributed by atoms with Gasteiger partial charge in [0.2, 0.25) is 0 Å². The summed E-state index contributed by atoms with van der Waals surface area (Å²) in [5, 5.41) is 0. The molecular weight excluding hydrogens is 115 g/mol. The molecule has 0 saturated carbocycles. The Morgan fingerprint density at radius 2 is 1.14 bits per heavy atom. The van der Waals surface area contributed by atoms with Gasteiger partial charge in [-0.15, -0.1) is 0 Å². The minimum atomic E-state index is 0. The summed E-state index contributed by atoms with van der Waals surface area (Å²) < 4.78 is 0. The van der Waals surface area contributed by atoms with Crippen LogP contribution in [0.4, 0.5) is 0 Å². The number of rotatable bonds is 0. The summed E-state index contributed by atoms with van der Waals surface area (Å²) >= 11 is 0. The lowest BCUT2D eigenvalue weighted by Gasteiger charge is -1.23. The second kappa shape index (κ2) is 134. The van der Waals surface area contributed by atoms with E-state index in [1.165, 1.54) is 6.92 Å². The van der Waals surface area contributed by atoms with Gasteiger partial charge in [0.15, 0.2) is 17.4 Å². The van der Waals surface area contributed by atoms with E-state index in [0.717, 1.165) is 6.29 Å². The lowest BCUT2D eigenvalue weighted by Crippen LogP contribution is -1.36. The molecule has 0 aromatic heterocycles. The van der Waals surface area contributed by atoms with Crippen LogP contribution in [0.5, 0.6) is 0 Å². The predicted molar refractivity (Wildman–Crippen MR) is 32.5 cm³/mol. The van der Waals surface area contributed by atoms with Crippen molar-refractivity contribution in [2.75, 3.05) is 0 Å². The van der Waals surface area contributed by atoms with E-state index in [1.807, 2.05) is 0 Å². The van der Waals surface area contributed by atoms with Gasteiger partial charge in [-0.2, -0.15) is 0 Å². The highest BCUT2D eigenvalue weighted by Crippen LogP contribution is 1.13. The van der Waals surface area contributed by atoms with E-state index >= 15 is 0 Å². The van der Waals surface area contributed by atoms with Crippen LogP contribution in [0.2, 0.25) is 0 Å². The molecule has 0 aromatic carbocycles. The Labute approximate surface area is 52.6 Å². The molecule has 7 heavy (non-hydrogen) atoms. The van der Waals surface area contributed by atoms with Crippen LogP contribution in [-0.2, 0) is 4.79 Å². The molecular formula is C2H13AlO4. The van der Waals surface area contributed by atoms with Gasteiger partial charge in [-0.3, -0.25) is 0 Å². The maximum atomic E-state index is 8.81. The van der Waals surface area contributed by atoms with Crippen LogP contribution < -0.4 is 0 Å². The first-order chi connectivity index (χ1) is 1.41. The second-order valence-electron chi connectivity index (χ2n) is 0.236. The van der Waals surface area contributed by atoms with Gasteiger partial charge in [0.05, 0.1) is 0 Å². The van der Waals surface area contributed by atoms with Crippen molar-refractivity contribution in [1.29, 1.82) is 0 Å². The van der Waals surface area contributed by atoms with E-state index in [4.69, 9.17) is 4.79 Å². The lowest BCUT2D eigenvalue weighted by atomic mass is 11.0. The largest absolute Gasteiger partial charge is 0.412 e. The van der Waals surface area contributed by atoms with Gasteiger partial charge in [-0.1, -0.05) is 0 Å². The highest BCUT2D eigenvalue weighted by atomic mass is 27.0. The summed E-state index contributed by atoms with van der Waals surface area (Å²) in [6, 6.07) is 0. The zero-order valence-electron chi connectivity index (χ0n) is 3.49. The highest BCUT2D eigenvalue weighted by Gasteiger charge is 1.24. The molecule has 0 bridgehead atoms. The van der Waals surface area contributed by atoms with Crippen molar-refractivity contribution >= 4 is 23.6 Å². The molecule has 48 valence electrons. The van der Waals surface area contributed by atoms with Gasteiger partial charge in [0.25, 0.3) is 0 Å². The third kappa shape index (κ3) is 14900. The molecule has 0 amide bonds. The zero-order valence-corrected chi connectivity index (χ0v) is 3.49. The summed E-state index contributed by atoms with van der Waals surface area (Å²) in [5.41, 5.74) is 0. The summed E-state index contributed by atoms with van der Waals surface area (Å²) in [6.07, 6.45) is 0.750. The standard InChI is InChI=1S/C2H4O.Al.3H2O.3H/c1-2-3;;;;;;;/h2H,1H3;;3*1H2;;;. The quantitative estimate of drug-likeness (QED) is 0.245. The molecule has 5 heteroatoms. The topological polar surface area (TPSA) is 112 Å². The molecule has 0 aromatic rings. The van der Waals surface area contributed by atoms with E-state index in [9.17, 15) is 0 Å². The van der Waals surface area contributed by atoms with E-state index in [-0.39, 0.29) is 33.8 Å². The Morgan fingerprint density at radius 3 is 1.14 bits per heavy atom. The molecule has 0 unspecified atom stereocenters. The molecule has 0 aliphatic carbocycles. The van der Waals surface area contributed by atoms with Crippen LogP contribution >= 0.6 is 0 Å². The van der Waals surface area contributed by atoms with Gasteiger partial charge >= 0.3 is 0 Å². The monoisotopic (exact) mass is 128 g/mol. The van der Waals surface area contributed by atoms with E-state index in [2.05, 4.69) is 0 Å². The van der Waals surface area contributed by atoms with Gasteiger partial charge in [-0.25, -0.2) is 0 Å². The molecule has 6 N–H and O–H groups in total. The molecule has 0 heterocycles. The van der Waals surface area contributed by atoms with Crippen LogP contribution in [0.1, 0.15) is 6.92 Å². The number of hydrogen-bond acceptors (Lipinski definition) is 1. The minimum absolute atomic E-state index is 0. The molecule has 0 saturated heterocycles. The van der Waals surface area contributed by atoms with E-state index in [1.54, 1.807) is 0 Å². The molecule has 0 spiro atoms. The van der Waals surface area contributed by atoms with Crippen LogP contribution in [-0.4, -0.2) is 40.1 Å². The summed E-state index contributed by atoms with van der Waals surface area (Å²) in [7, 11) is 0. The smallest absolute Gasteiger partial charge is 0.187 e. The third-order valence-corrected chi connectivity index (χ3v) is 0. The maximum absolute atomic E-state index is 8.81. The summed E-state index contributed by atoms with van der Waals surface area (Å²) in [6.45, 7) is 1.44. The number of carbonyl (C=O) groups excluding carboxylic acids is 1. The van der Waals surface area contributed by atoms with Crippen LogP contribution in [0, 0.1) is 0 Å². The van der Waals surface area contributed by atoms with Crippen molar-refractivity contribution < 1.29 is 21.2 Å². The Hall–Kier alpha value is 0.0825. The SMILES string of the molecule is CC=O.O.O.O.[AlH3]. The Morgan fingerprint density at radius 1 is 1.14 bits per heavy atom. The number of carbonyl (C=O) groups is 1. The normalized spacial score (nSPS) is 1.86. The average Bonchev–Trinajstić information content (AvgIpc) is 0.918. The molecule has 0 aliphatic rings. The molecule has 4 nitrogen and oxygen atoms in total. The first-order valence-electron chi connectivity index (χ1n) is 0.813. The first-order valence-corrected chi connectivity index (χ1v) is 0.813. The maximum Gasteiger partial charge on any atom is 0.187 e. The van der Waals surface area contributed by atoms with Crippen molar-refractivity contribution in [2.45, 2.75) is 6.92 Å². The van der Waals surface area contributed by atoms with E-state index < -0.39 is 0 Å². The Kier molecular flexibility index (Phi) is 1160. The van der Waals surface area contributed by atoms with Gasteiger partial charge < -0.3 is 21.2 Å². The van der Waals surface area contributed by atoms with Gasteiger partial charge in [-0.05, 0) is 6.92 Å². The fraction of sp³-hybridized carbons (Fsp3) is 0.500. The van der Waals surface area contributed by atoms with Crippen LogP contribution in [0.15, 0.2) is 0 Å². The van der Waals surface area contributed by atoms with Crippen molar-refractivity contribution in [2.24, 2.45) is 0 Å². The average molecular weight is 128 g/mol. The fourth-order valence-electron chi connectivity index (χ4n) is 0. The third-order valence-electron chi connectivity index (χ3n) is 0. The number of hydrogen-bond donors (Lipinski definition) is 0. The molecule has 0 radical (unpaired) electrons. The molecule has 0 atom stereocenters. The molecule has 0 rings (SSSR count). The van der Waals surface area contributed by atoms with Crippen molar-refractivity contribution in [3.63, 3.8) is 0 Å². The van der Waals surface area contributed by atoms with Crippen LogP contribution in [0.3, 0.4) is 0 Å². The first kappa shape index (κ1) is 60.4. The predicted octanol–water partition coefficient (Wildman–Crippen LogP) is -3.45. The van der Waals surface area contributed by atoms with Gasteiger partial charge in [0, 0.05) is 0 Å². The Bertz CT molecular complexity index is 17.2. The zero-order chi connectivity index (χ0) is 2.71. The fourth-order valence-corrected chi connectivity index (χ4v) is 0. The van der Waals surface area contributed by atoms with E-state index in [0.29, 0.717) is 0 Å². The number of aldehydes is 1. The van der Waals surface area contributed by atoms with Crippen molar-refractivity contribution in [3.05, 3.63) is 0 Å². The lowest BCUT2D eigenvalue weighted by molar-refractivity contribution is -0.106. The summed E-state index contributed by atoms with van der Waals surface area (Å²) in [5.74, 6) is 0.